The molecule has 1 saturated heterocycles. The lowest BCUT2D eigenvalue weighted by molar-refractivity contribution is -0.908. The van der Waals surface area contributed by atoms with Gasteiger partial charge in [-0.3, -0.25) is 4.98 Å². The maximum Gasteiger partial charge on any atom is 0.250 e. The summed E-state index contributed by atoms with van der Waals surface area (Å²) in [6.45, 7) is 8.04. The summed E-state index contributed by atoms with van der Waals surface area (Å²) in [6, 6.07) is 12.6. The number of quaternary nitrogens is 1. The predicted octanol–water partition coefficient (Wildman–Crippen LogP) is 0.804. The van der Waals surface area contributed by atoms with Crippen LogP contribution in [0.4, 0.5) is 5.82 Å². The van der Waals surface area contributed by atoms with Crippen LogP contribution in [0.15, 0.2) is 30.3 Å². The summed E-state index contributed by atoms with van der Waals surface area (Å²) < 4.78 is 7.55. The van der Waals surface area contributed by atoms with Gasteiger partial charge >= 0.3 is 0 Å². The van der Waals surface area contributed by atoms with Crippen LogP contribution in [0.3, 0.4) is 0 Å². The van der Waals surface area contributed by atoms with Gasteiger partial charge in [0.1, 0.15) is 35.8 Å². The van der Waals surface area contributed by atoms with Gasteiger partial charge in [0.15, 0.2) is 0 Å². The first-order valence-corrected chi connectivity index (χ1v) is 9.29. The molecule has 6 nitrogen and oxygen atoms in total. The minimum absolute atomic E-state index is 0.699. The molecule has 0 unspecified atom stereocenters. The van der Waals surface area contributed by atoms with Gasteiger partial charge in [-0.1, -0.05) is 12.1 Å². The average Bonchev–Trinajstić information content (AvgIpc) is 3.05. The summed E-state index contributed by atoms with van der Waals surface area (Å²) in [7, 11) is 0. The van der Waals surface area contributed by atoms with Gasteiger partial charge < -0.3 is 15.0 Å². The van der Waals surface area contributed by atoms with E-state index in [2.05, 4.69) is 32.9 Å². The molecule has 0 radical (unpaired) electrons. The van der Waals surface area contributed by atoms with Crippen molar-refractivity contribution < 1.29 is 14.0 Å². The van der Waals surface area contributed by atoms with Crippen molar-refractivity contribution in [1.29, 1.82) is 5.26 Å². The number of pyridine rings is 1. The molecule has 26 heavy (non-hydrogen) atoms. The quantitative estimate of drug-likeness (QED) is 0.471. The van der Waals surface area contributed by atoms with Crippen molar-refractivity contribution in [3.63, 3.8) is 0 Å². The molecule has 6 heteroatoms. The Morgan fingerprint density at radius 2 is 2.12 bits per heavy atom. The van der Waals surface area contributed by atoms with E-state index in [1.807, 2.05) is 25.1 Å². The fraction of sp³-hybridized carbons (Fsp3) is 0.400. The molecular weight excluding hydrogens is 326 g/mol. The lowest BCUT2D eigenvalue weighted by Gasteiger charge is -2.23. The lowest BCUT2D eigenvalue weighted by atomic mass is 10.1. The zero-order valence-corrected chi connectivity index (χ0v) is 15.1. The number of benzene rings is 1. The summed E-state index contributed by atoms with van der Waals surface area (Å²) in [5.74, 6) is 1.03. The van der Waals surface area contributed by atoms with E-state index < -0.39 is 0 Å². The molecule has 0 saturated carbocycles. The van der Waals surface area contributed by atoms with Gasteiger partial charge in [0.25, 0.3) is 0 Å². The molecule has 1 aliphatic rings. The van der Waals surface area contributed by atoms with Gasteiger partial charge in [-0.25, -0.2) is 0 Å². The Bertz CT molecular complexity index is 966. The Hall–Kier alpha value is -2.62. The minimum Gasteiger partial charge on any atom is -0.370 e. The van der Waals surface area contributed by atoms with Crippen molar-refractivity contribution in [1.82, 2.24) is 4.98 Å². The number of anilines is 1. The number of imidazole rings is 1. The van der Waals surface area contributed by atoms with Crippen LogP contribution in [-0.4, -0.2) is 44.4 Å². The van der Waals surface area contributed by atoms with E-state index in [1.54, 1.807) is 4.90 Å². The van der Waals surface area contributed by atoms with Crippen molar-refractivity contribution >= 4 is 22.5 Å². The molecule has 134 valence electrons. The molecule has 2 aromatic heterocycles. The number of aryl methyl sites for hydroxylation is 1. The highest BCUT2D eigenvalue weighted by molar-refractivity contribution is 5.77. The molecule has 3 N–H and O–H groups in total. The first-order chi connectivity index (χ1) is 12.8. The maximum absolute atomic E-state index is 9.57. The van der Waals surface area contributed by atoms with Gasteiger partial charge in [0.2, 0.25) is 11.5 Å². The summed E-state index contributed by atoms with van der Waals surface area (Å²) in [5, 5.41) is 13.2. The number of nitriles is 1. The van der Waals surface area contributed by atoms with E-state index in [9.17, 15) is 5.26 Å². The number of hydrogen-bond donors (Lipinski definition) is 3. The Morgan fingerprint density at radius 1 is 1.31 bits per heavy atom. The Balaban J connectivity index is 1.59. The van der Waals surface area contributed by atoms with E-state index in [0.29, 0.717) is 5.56 Å². The number of rotatable bonds is 5. The highest BCUT2D eigenvalue weighted by Crippen LogP contribution is 2.19. The SMILES string of the molecule is Cc1cc(NCCC[NH+]2CCOCC2)[n+]2c([nH]c3ccccc32)c1C#N. The standard InChI is InChI=1S/C20H23N5O/c1-15-13-19(22-7-4-8-24-9-11-26-12-10-24)25-18-6-3-2-5-17(18)23-20(25)16(15)14-21/h2-3,5-6,13H,4,7-12H2,1H3,(H,22,23)/p+2. The van der Waals surface area contributed by atoms with Crippen LogP contribution < -0.4 is 14.6 Å². The van der Waals surface area contributed by atoms with Crippen LogP contribution in [0.5, 0.6) is 0 Å². The number of hydrogen-bond acceptors (Lipinski definition) is 3. The van der Waals surface area contributed by atoms with Crippen LogP contribution in [0.25, 0.3) is 16.7 Å². The molecule has 0 amide bonds. The fourth-order valence-electron chi connectivity index (χ4n) is 3.77. The maximum atomic E-state index is 9.57. The second kappa shape index (κ2) is 7.32. The largest absolute Gasteiger partial charge is 0.370 e. The summed E-state index contributed by atoms with van der Waals surface area (Å²) in [5.41, 5.74) is 4.66. The van der Waals surface area contributed by atoms with E-state index in [-0.39, 0.29) is 0 Å². The molecule has 0 bridgehead atoms. The van der Waals surface area contributed by atoms with Gasteiger partial charge in [-0.15, -0.1) is 0 Å². The predicted molar refractivity (Wildman–Crippen MR) is 100 cm³/mol. The molecule has 3 heterocycles. The highest BCUT2D eigenvalue weighted by atomic mass is 16.5. The molecule has 4 rings (SSSR count). The second-order valence-corrected chi connectivity index (χ2v) is 6.92. The van der Waals surface area contributed by atoms with E-state index in [0.717, 1.165) is 73.9 Å². The van der Waals surface area contributed by atoms with Crippen LogP contribution in [0.1, 0.15) is 17.5 Å². The molecule has 0 atom stereocenters. The van der Waals surface area contributed by atoms with E-state index >= 15 is 0 Å². The fourth-order valence-corrected chi connectivity index (χ4v) is 3.77. The number of nitrogens with zero attached hydrogens (tertiary/aromatic N) is 2. The van der Waals surface area contributed by atoms with Crippen molar-refractivity contribution in [3.05, 3.63) is 41.5 Å². The van der Waals surface area contributed by atoms with Crippen LogP contribution >= 0.6 is 0 Å². The van der Waals surface area contributed by atoms with Crippen molar-refractivity contribution in [2.75, 3.05) is 44.7 Å². The zero-order valence-electron chi connectivity index (χ0n) is 15.1. The third-order valence-electron chi connectivity index (χ3n) is 5.17. The van der Waals surface area contributed by atoms with Crippen molar-refractivity contribution in [2.24, 2.45) is 0 Å². The average molecular weight is 351 g/mol. The number of nitrogens with one attached hydrogen (secondary N) is 3. The lowest BCUT2D eigenvalue weighted by Crippen LogP contribution is -3.14. The monoisotopic (exact) mass is 351 g/mol. The molecule has 3 aromatic rings. The Morgan fingerprint density at radius 3 is 2.92 bits per heavy atom. The van der Waals surface area contributed by atoms with Crippen LogP contribution in [0.2, 0.25) is 0 Å². The Kier molecular flexibility index (Phi) is 4.74. The third kappa shape index (κ3) is 3.12. The first-order valence-electron chi connectivity index (χ1n) is 9.29. The summed E-state index contributed by atoms with van der Waals surface area (Å²) in [4.78, 5) is 5.03. The zero-order chi connectivity index (χ0) is 17.9. The van der Waals surface area contributed by atoms with Gasteiger partial charge in [-0.2, -0.15) is 9.66 Å². The second-order valence-electron chi connectivity index (χ2n) is 6.92. The summed E-state index contributed by atoms with van der Waals surface area (Å²) in [6.07, 6.45) is 1.11. The molecule has 1 fully saturated rings. The summed E-state index contributed by atoms with van der Waals surface area (Å²) >= 11 is 0. The number of H-pyrrole nitrogens is 1. The molecule has 1 aromatic carbocycles. The first kappa shape index (κ1) is 16.8. The number of para-hydroxylation sites is 2. The number of aromatic amines is 1. The molecular formula is C20H25N5O+2. The van der Waals surface area contributed by atoms with E-state index in [1.165, 1.54) is 0 Å². The van der Waals surface area contributed by atoms with E-state index in [4.69, 9.17) is 4.74 Å². The third-order valence-corrected chi connectivity index (χ3v) is 5.17. The minimum atomic E-state index is 0.699. The molecule has 0 spiro atoms. The Labute approximate surface area is 153 Å². The normalized spacial score (nSPS) is 15.4. The van der Waals surface area contributed by atoms with Crippen molar-refractivity contribution in [3.8, 4) is 6.07 Å². The van der Waals surface area contributed by atoms with Crippen LogP contribution in [-0.2, 0) is 4.74 Å². The number of fused-ring (bicyclic) bond motifs is 3. The number of morpholine rings is 1. The molecule has 0 aliphatic carbocycles. The van der Waals surface area contributed by atoms with Gasteiger partial charge in [0, 0.05) is 12.5 Å². The van der Waals surface area contributed by atoms with Crippen LogP contribution in [0, 0.1) is 18.3 Å². The van der Waals surface area contributed by atoms with Gasteiger partial charge in [0.05, 0.1) is 26.3 Å². The molecule has 1 aliphatic heterocycles. The number of ether oxygens (including phenoxy) is 1. The smallest absolute Gasteiger partial charge is 0.250 e. The highest BCUT2D eigenvalue weighted by Gasteiger charge is 2.20. The van der Waals surface area contributed by atoms with Crippen molar-refractivity contribution in [2.45, 2.75) is 13.3 Å². The topological polar surface area (TPSA) is 69.4 Å². The number of aromatic nitrogens is 2. The van der Waals surface area contributed by atoms with Gasteiger partial charge in [-0.05, 0) is 24.6 Å².